The van der Waals surface area contributed by atoms with Crippen LogP contribution in [-0.4, -0.2) is 30.3 Å². The molecule has 2 heterocycles. The van der Waals surface area contributed by atoms with Gasteiger partial charge in [-0.3, -0.25) is 4.79 Å². The smallest absolute Gasteiger partial charge is 0.238 e. The highest BCUT2D eigenvalue weighted by molar-refractivity contribution is 9.10. The molecule has 0 bridgehead atoms. The number of nitrogens with two attached hydrogens (primary N) is 1. The lowest BCUT2D eigenvalue weighted by Crippen LogP contribution is -2.17. The van der Waals surface area contributed by atoms with Crippen LogP contribution in [0.4, 0.5) is 4.39 Å². The number of methoxy groups -OCH3 is 1. The Hall–Kier alpha value is -2.94. The van der Waals surface area contributed by atoms with Crippen LogP contribution in [0, 0.1) is 5.82 Å². The Morgan fingerprint density at radius 3 is 2.92 bits per heavy atom. The van der Waals surface area contributed by atoms with Crippen molar-refractivity contribution in [2.75, 3.05) is 13.7 Å². The maximum absolute atomic E-state index is 13.6. The molecule has 0 aliphatic rings. The molecule has 2 aromatic heterocycles. The topological polar surface area (TPSA) is 99.9 Å². The number of amidine groups is 1. The maximum Gasteiger partial charge on any atom is 0.238 e. The number of nitrogens with zero attached hydrogens (tertiary/aromatic N) is 2. The summed E-state index contributed by atoms with van der Waals surface area (Å²) in [7, 11) is 1.47. The first kappa shape index (κ1) is 17.9. The van der Waals surface area contributed by atoms with E-state index in [-0.39, 0.29) is 22.6 Å². The Morgan fingerprint density at radius 2 is 2.19 bits per heavy atom. The van der Waals surface area contributed by atoms with Gasteiger partial charge in [-0.05, 0) is 46.3 Å². The molecule has 0 atom stereocenters. The zero-order valence-corrected chi connectivity index (χ0v) is 15.1. The van der Waals surface area contributed by atoms with Gasteiger partial charge in [0, 0.05) is 0 Å². The molecule has 134 valence electrons. The Bertz CT molecular complexity index is 1000. The van der Waals surface area contributed by atoms with Gasteiger partial charge in [0.15, 0.2) is 18.2 Å². The van der Waals surface area contributed by atoms with Crippen LogP contribution in [-0.2, 0) is 4.84 Å². The number of furan rings is 1. The zero-order valence-electron chi connectivity index (χ0n) is 13.5. The Labute approximate surface area is 155 Å². The van der Waals surface area contributed by atoms with Gasteiger partial charge in [0.25, 0.3) is 0 Å². The van der Waals surface area contributed by atoms with Gasteiger partial charge in [0.1, 0.15) is 17.1 Å². The quantitative estimate of drug-likeness (QED) is 0.283. The van der Waals surface area contributed by atoms with Crippen molar-refractivity contribution in [1.82, 2.24) is 4.98 Å². The number of rotatable bonds is 6. The zero-order chi connectivity index (χ0) is 18.7. The molecule has 0 spiro atoms. The van der Waals surface area contributed by atoms with Crippen LogP contribution >= 0.6 is 15.9 Å². The molecule has 0 amide bonds. The van der Waals surface area contributed by atoms with E-state index in [0.717, 1.165) is 0 Å². The number of carbonyl (C=O) groups is 1. The van der Waals surface area contributed by atoms with Gasteiger partial charge in [-0.2, -0.15) is 0 Å². The molecular weight excluding hydrogens is 409 g/mol. The van der Waals surface area contributed by atoms with E-state index in [1.54, 1.807) is 18.2 Å². The number of fused-ring (bicyclic) bond motifs is 1. The Morgan fingerprint density at radius 1 is 1.38 bits per heavy atom. The van der Waals surface area contributed by atoms with Crippen LogP contribution in [0.3, 0.4) is 0 Å². The van der Waals surface area contributed by atoms with Crippen LogP contribution in [0.2, 0.25) is 0 Å². The number of carbonyl (C=O) groups excluding carboxylic acids is 1. The first-order valence-corrected chi connectivity index (χ1v) is 8.16. The highest BCUT2D eigenvalue weighted by Gasteiger charge is 2.15. The summed E-state index contributed by atoms with van der Waals surface area (Å²) >= 11 is 3.28. The fraction of sp³-hybridized carbons (Fsp3) is 0.118. The number of oxime groups is 1. The molecule has 0 radical (unpaired) electrons. The first-order valence-electron chi connectivity index (χ1n) is 7.37. The number of pyridine rings is 1. The van der Waals surface area contributed by atoms with Crippen molar-refractivity contribution in [3.05, 3.63) is 58.1 Å². The van der Waals surface area contributed by atoms with Crippen LogP contribution in [0.5, 0.6) is 5.88 Å². The minimum absolute atomic E-state index is 0.0256. The number of hydrogen-bond donors (Lipinski definition) is 1. The minimum atomic E-state index is -0.501. The van der Waals surface area contributed by atoms with Gasteiger partial charge in [-0.1, -0.05) is 11.2 Å². The second-order valence-corrected chi connectivity index (χ2v) is 5.98. The highest BCUT2D eigenvalue weighted by Crippen LogP contribution is 2.23. The molecule has 0 aliphatic carbocycles. The molecule has 7 nitrogen and oxygen atoms in total. The lowest BCUT2D eigenvalue weighted by molar-refractivity contribution is 0.0750. The lowest BCUT2D eigenvalue weighted by Gasteiger charge is -2.05. The SMILES string of the molecule is COc1nc(/C(N)=N/OCC(=O)c2cc3c(F)cccc3o2)ccc1Br. The summed E-state index contributed by atoms with van der Waals surface area (Å²) in [5.41, 5.74) is 6.38. The molecule has 0 aliphatic heterocycles. The number of hydrogen-bond acceptors (Lipinski definition) is 6. The largest absolute Gasteiger partial charge is 0.480 e. The van der Waals surface area contributed by atoms with E-state index in [1.165, 1.54) is 25.3 Å². The second kappa shape index (κ2) is 7.52. The maximum atomic E-state index is 13.6. The molecule has 0 saturated heterocycles. The predicted octanol–water partition coefficient (Wildman–Crippen LogP) is 3.26. The number of halogens is 2. The normalized spacial score (nSPS) is 11.6. The number of aromatic nitrogens is 1. The van der Waals surface area contributed by atoms with Crippen molar-refractivity contribution in [3.8, 4) is 5.88 Å². The summed E-state index contributed by atoms with van der Waals surface area (Å²) in [6.45, 7) is -0.421. The van der Waals surface area contributed by atoms with Crippen LogP contribution < -0.4 is 10.5 Å². The molecule has 3 aromatic rings. The number of ketones is 1. The number of ether oxygens (including phenoxy) is 1. The molecule has 3 rings (SSSR count). The molecule has 0 fully saturated rings. The molecule has 0 unspecified atom stereocenters. The van der Waals surface area contributed by atoms with Crippen LogP contribution in [0.1, 0.15) is 16.2 Å². The van der Waals surface area contributed by atoms with Crippen molar-refractivity contribution in [1.29, 1.82) is 0 Å². The van der Waals surface area contributed by atoms with Gasteiger partial charge in [-0.25, -0.2) is 9.37 Å². The highest BCUT2D eigenvalue weighted by atomic mass is 79.9. The van der Waals surface area contributed by atoms with Gasteiger partial charge in [-0.15, -0.1) is 0 Å². The van der Waals surface area contributed by atoms with E-state index in [1.807, 2.05) is 0 Å². The van der Waals surface area contributed by atoms with Crippen LogP contribution in [0.25, 0.3) is 11.0 Å². The summed E-state index contributed by atoms with van der Waals surface area (Å²) < 4.78 is 24.7. The van der Waals surface area contributed by atoms with E-state index < -0.39 is 18.2 Å². The molecular formula is C17H13BrFN3O4. The molecule has 26 heavy (non-hydrogen) atoms. The van der Waals surface area contributed by atoms with Crippen molar-refractivity contribution >= 4 is 38.5 Å². The number of Topliss-reactive ketones (excluding diaryl/α,β-unsaturated/α-hetero) is 1. The van der Waals surface area contributed by atoms with Gasteiger partial charge in [0.2, 0.25) is 11.7 Å². The van der Waals surface area contributed by atoms with Gasteiger partial charge in [0.05, 0.1) is 17.0 Å². The van der Waals surface area contributed by atoms with E-state index in [0.29, 0.717) is 16.0 Å². The van der Waals surface area contributed by atoms with E-state index in [9.17, 15) is 9.18 Å². The van der Waals surface area contributed by atoms with E-state index in [2.05, 4.69) is 26.1 Å². The number of benzene rings is 1. The van der Waals surface area contributed by atoms with Gasteiger partial charge < -0.3 is 19.7 Å². The third-order valence-electron chi connectivity index (χ3n) is 3.41. The fourth-order valence-electron chi connectivity index (χ4n) is 2.15. The van der Waals surface area contributed by atoms with Gasteiger partial charge >= 0.3 is 0 Å². The van der Waals surface area contributed by atoms with Crippen LogP contribution in [0.15, 0.2) is 50.4 Å². The summed E-state index contributed by atoms with van der Waals surface area (Å²) in [5, 5.41) is 3.89. The van der Waals surface area contributed by atoms with Crippen molar-refractivity contribution < 1.29 is 23.2 Å². The van der Waals surface area contributed by atoms with E-state index >= 15 is 0 Å². The van der Waals surface area contributed by atoms with Crippen molar-refractivity contribution in [2.24, 2.45) is 10.9 Å². The molecule has 0 saturated carbocycles. The molecule has 2 N–H and O–H groups in total. The minimum Gasteiger partial charge on any atom is -0.480 e. The van der Waals surface area contributed by atoms with Crippen molar-refractivity contribution in [2.45, 2.75) is 0 Å². The standard InChI is InChI=1S/C17H13BrFN3O4/c1-24-17-10(18)5-6-12(21-17)16(20)22-25-8-13(23)15-7-9-11(19)3-2-4-14(9)26-15/h2-7H,8H2,1H3,(H2,20,22). The summed E-state index contributed by atoms with van der Waals surface area (Å²) in [6.07, 6.45) is 0. The molecule has 9 heteroatoms. The average Bonchev–Trinajstić information content (AvgIpc) is 3.08. The first-order chi connectivity index (χ1) is 12.5. The Kier molecular flexibility index (Phi) is 5.17. The van der Waals surface area contributed by atoms with E-state index in [4.69, 9.17) is 19.7 Å². The summed E-state index contributed by atoms with van der Waals surface area (Å²) in [5.74, 6) is -0.690. The second-order valence-electron chi connectivity index (χ2n) is 5.12. The predicted molar refractivity (Wildman–Crippen MR) is 95.7 cm³/mol. The summed E-state index contributed by atoms with van der Waals surface area (Å²) in [6, 6.07) is 8.98. The monoisotopic (exact) mass is 421 g/mol. The van der Waals surface area contributed by atoms with Crippen molar-refractivity contribution in [3.63, 3.8) is 0 Å². The third-order valence-corrected chi connectivity index (χ3v) is 4.01. The average molecular weight is 422 g/mol. The lowest BCUT2D eigenvalue weighted by atomic mass is 10.2. The summed E-state index contributed by atoms with van der Waals surface area (Å²) in [4.78, 5) is 21.2. The Balaban J connectivity index is 1.68. The fourth-order valence-corrected chi connectivity index (χ4v) is 2.53. The molecule has 1 aromatic carbocycles. The third kappa shape index (κ3) is 3.67.